The van der Waals surface area contributed by atoms with Gasteiger partial charge in [0.05, 0.1) is 30.8 Å². The Balaban J connectivity index is 1.98. The van der Waals surface area contributed by atoms with Crippen molar-refractivity contribution in [3.8, 4) is 22.9 Å². The number of aromatic nitrogens is 3. The molecular weight excluding hydrogens is 543 g/mol. The van der Waals surface area contributed by atoms with Crippen LogP contribution in [0.5, 0.6) is 11.5 Å². The van der Waals surface area contributed by atoms with E-state index in [0.29, 0.717) is 28.7 Å². The van der Waals surface area contributed by atoms with E-state index in [1.807, 2.05) is 0 Å². The number of hydrogen-bond acceptors (Lipinski definition) is 6. The number of rotatable bonds is 5. The number of thiazole rings is 1. The van der Waals surface area contributed by atoms with E-state index in [-0.39, 0.29) is 25.2 Å². The van der Waals surface area contributed by atoms with Gasteiger partial charge in [0.15, 0.2) is 9.60 Å². The number of fused-ring (bicyclic) bond motifs is 1. The lowest BCUT2D eigenvalue weighted by molar-refractivity contribution is -0.137. The van der Waals surface area contributed by atoms with Crippen LogP contribution in [0.2, 0.25) is 0 Å². The molecule has 0 aliphatic rings. The third kappa shape index (κ3) is 4.18. The Morgan fingerprint density at radius 3 is 2.36 bits per heavy atom. The first-order valence-electron chi connectivity index (χ1n) is 9.33. The first kappa shape index (κ1) is 23.5. The fourth-order valence-electron chi connectivity index (χ4n) is 3.33. The minimum atomic E-state index is -4.46. The van der Waals surface area contributed by atoms with Crippen LogP contribution in [0.1, 0.15) is 11.4 Å². The molecule has 2 heterocycles. The molecule has 33 heavy (non-hydrogen) atoms. The van der Waals surface area contributed by atoms with E-state index >= 15 is 0 Å². The van der Waals surface area contributed by atoms with Crippen LogP contribution >= 0.6 is 39.5 Å². The summed E-state index contributed by atoms with van der Waals surface area (Å²) in [5.74, 6) is 1.31. The maximum absolute atomic E-state index is 13.6. The molecule has 0 aliphatic heterocycles. The molecule has 172 valence electrons. The minimum absolute atomic E-state index is 0.216. The highest BCUT2D eigenvalue weighted by atomic mass is 79.9. The molecule has 12 heteroatoms. The number of halogens is 4. The number of ether oxygens (including phenoxy) is 2. The van der Waals surface area contributed by atoms with E-state index < -0.39 is 11.7 Å². The highest BCUT2D eigenvalue weighted by molar-refractivity contribution is 9.08. The van der Waals surface area contributed by atoms with Crippen molar-refractivity contribution in [2.45, 2.75) is 11.5 Å². The zero-order valence-electron chi connectivity index (χ0n) is 17.1. The van der Waals surface area contributed by atoms with Gasteiger partial charge in [-0.15, -0.1) is 0 Å². The van der Waals surface area contributed by atoms with Crippen LogP contribution in [-0.2, 0) is 11.5 Å². The molecule has 0 saturated carbocycles. The first-order valence-corrected chi connectivity index (χ1v) is 11.7. The Morgan fingerprint density at radius 1 is 1.09 bits per heavy atom. The smallest absolute Gasteiger partial charge is 0.416 e. The van der Waals surface area contributed by atoms with Gasteiger partial charge in [-0.1, -0.05) is 27.3 Å². The van der Waals surface area contributed by atoms with Gasteiger partial charge in [0.2, 0.25) is 0 Å². The van der Waals surface area contributed by atoms with Crippen molar-refractivity contribution in [2.24, 2.45) is 0 Å². The van der Waals surface area contributed by atoms with Gasteiger partial charge in [0.25, 0.3) is 5.56 Å². The van der Waals surface area contributed by atoms with Crippen LogP contribution in [0.3, 0.4) is 0 Å². The standard InChI is InChI=1S/C21H15BrF3N3O3S2/c1-30-13-7-8-15(31-2)14(9-13)28-16(10-22)26-18-17(19(28)29)33-20(32)27(18)12-5-3-11(4-6-12)21(23,24)25/h3-9H,10H2,1-2H3. The summed E-state index contributed by atoms with van der Waals surface area (Å²) in [5.41, 5.74) is -0.0848. The Hall–Kier alpha value is -2.70. The predicted octanol–water partition coefficient (Wildman–Crippen LogP) is 5.90. The molecule has 0 saturated heterocycles. The highest BCUT2D eigenvalue weighted by Crippen LogP contribution is 2.32. The fraction of sp³-hybridized carbons (Fsp3) is 0.190. The van der Waals surface area contributed by atoms with E-state index in [2.05, 4.69) is 20.9 Å². The fourth-order valence-corrected chi connectivity index (χ4v) is 5.02. The van der Waals surface area contributed by atoms with E-state index in [0.717, 1.165) is 23.5 Å². The molecule has 0 radical (unpaired) electrons. The van der Waals surface area contributed by atoms with Gasteiger partial charge >= 0.3 is 6.18 Å². The zero-order chi connectivity index (χ0) is 23.9. The van der Waals surface area contributed by atoms with Gasteiger partial charge in [-0.05, 0) is 48.6 Å². The lowest BCUT2D eigenvalue weighted by atomic mass is 10.2. The summed E-state index contributed by atoms with van der Waals surface area (Å²) < 4.78 is 53.0. The van der Waals surface area contributed by atoms with E-state index in [1.54, 1.807) is 18.2 Å². The molecule has 0 spiro atoms. The van der Waals surface area contributed by atoms with E-state index in [4.69, 9.17) is 21.7 Å². The van der Waals surface area contributed by atoms with Crippen molar-refractivity contribution in [3.63, 3.8) is 0 Å². The second kappa shape index (κ2) is 8.92. The van der Waals surface area contributed by atoms with Crippen LogP contribution in [0.15, 0.2) is 47.3 Å². The molecule has 6 nitrogen and oxygen atoms in total. The summed E-state index contributed by atoms with van der Waals surface area (Å²) in [6.45, 7) is 0. The Labute approximate surface area is 203 Å². The quantitative estimate of drug-likeness (QED) is 0.226. The third-order valence-electron chi connectivity index (χ3n) is 4.88. The largest absolute Gasteiger partial charge is 0.497 e. The topological polar surface area (TPSA) is 58.3 Å². The average Bonchev–Trinajstić information content (AvgIpc) is 3.14. The second-order valence-corrected chi connectivity index (χ2v) is 8.95. The van der Waals surface area contributed by atoms with E-state index in [9.17, 15) is 18.0 Å². The lowest BCUT2D eigenvalue weighted by Crippen LogP contribution is -2.23. The predicted molar refractivity (Wildman–Crippen MR) is 126 cm³/mol. The summed E-state index contributed by atoms with van der Waals surface area (Å²) >= 11 is 9.85. The summed E-state index contributed by atoms with van der Waals surface area (Å²) in [5, 5.41) is 0.216. The maximum Gasteiger partial charge on any atom is 0.416 e. The minimum Gasteiger partial charge on any atom is -0.497 e. The highest BCUT2D eigenvalue weighted by Gasteiger charge is 2.30. The number of benzene rings is 2. The molecule has 0 bridgehead atoms. The van der Waals surface area contributed by atoms with Gasteiger partial charge in [-0.2, -0.15) is 13.2 Å². The molecule has 0 atom stereocenters. The lowest BCUT2D eigenvalue weighted by Gasteiger charge is -2.15. The molecule has 0 N–H and O–H groups in total. The first-order chi connectivity index (χ1) is 15.7. The third-order valence-corrected chi connectivity index (χ3v) is 6.73. The van der Waals surface area contributed by atoms with Gasteiger partial charge in [0, 0.05) is 11.8 Å². The number of nitrogens with zero attached hydrogens (tertiary/aromatic N) is 3. The van der Waals surface area contributed by atoms with Crippen LogP contribution in [-0.4, -0.2) is 28.3 Å². The summed E-state index contributed by atoms with van der Waals surface area (Å²) in [6.07, 6.45) is -4.46. The molecule has 4 aromatic rings. The molecule has 0 fully saturated rings. The number of hydrogen-bond donors (Lipinski definition) is 0. The van der Waals surface area contributed by atoms with Gasteiger partial charge in [-0.3, -0.25) is 13.9 Å². The monoisotopic (exact) mass is 557 g/mol. The van der Waals surface area contributed by atoms with Gasteiger partial charge < -0.3 is 9.47 Å². The Bertz CT molecular complexity index is 1460. The number of methoxy groups -OCH3 is 2. The Kier molecular flexibility index (Phi) is 6.34. The molecule has 0 unspecified atom stereocenters. The van der Waals surface area contributed by atoms with Crippen LogP contribution in [0.4, 0.5) is 13.2 Å². The van der Waals surface area contributed by atoms with Crippen LogP contribution in [0, 0.1) is 3.95 Å². The second-order valence-electron chi connectivity index (χ2n) is 6.74. The van der Waals surface area contributed by atoms with Crippen LogP contribution in [0.25, 0.3) is 21.7 Å². The average molecular weight is 558 g/mol. The molecule has 2 aromatic heterocycles. The van der Waals surface area contributed by atoms with Gasteiger partial charge in [0.1, 0.15) is 22.0 Å². The van der Waals surface area contributed by atoms with Crippen molar-refractivity contribution in [1.82, 2.24) is 14.1 Å². The summed E-state index contributed by atoms with van der Waals surface area (Å²) in [4.78, 5) is 18.2. The maximum atomic E-state index is 13.6. The van der Waals surface area contributed by atoms with Crippen molar-refractivity contribution in [2.75, 3.05) is 14.2 Å². The molecule has 0 amide bonds. The molecule has 2 aromatic carbocycles. The SMILES string of the molecule is COc1ccc(OC)c(-n2c(CBr)nc3c(sc(=S)n3-c3ccc(C(F)(F)F)cc3)c2=O)c1. The van der Waals surface area contributed by atoms with Crippen molar-refractivity contribution >= 4 is 49.8 Å². The molecule has 4 rings (SSSR count). The zero-order valence-corrected chi connectivity index (χ0v) is 20.4. The Morgan fingerprint density at radius 2 is 1.79 bits per heavy atom. The number of alkyl halides is 4. The van der Waals surface area contributed by atoms with Crippen LogP contribution < -0.4 is 15.0 Å². The van der Waals surface area contributed by atoms with Crippen molar-refractivity contribution in [3.05, 3.63) is 68.2 Å². The molecule has 0 aliphatic carbocycles. The summed E-state index contributed by atoms with van der Waals surface area (Å²) in [7, 11) is 3.00. The van der Waals surface area contributed by atoms with Crippen molar-refractivity contribution in [1.29, 1.82) is 0 Å². The molecular formula is C21H15BrF3N3O3S2. The van der Waals surface area contributed by atoms with Crippen molar-refractivity contribution < 1.29 is 22.6 Å². The normalized spacial score (nSPS) is 11.7. The van der Waals surface area contributed by atoms with E-state index in [1.165, 1.54) is 35.5 Å². The summed E-state index contributed by atoms with van der Waals surface area (Å²) in [6, 6.07) is 9.58. The van der Waals surface area contributed by atoms with Gasteiger partial charge in [-0.25, -0.2) is 4.98 Å².